The van der Waals surface area contributed by atoms with Crippen LogP contribution in [0.15, 0.2) is 23.1 Å². The molecule has 0 fully saturated rings. The minimum atomic E-state index is -3.50. The van der Waals surface area contributed by atoms with Crippen molar-refractivity contribution >= 4 is 33.3 Å². The molecule has 0 unspecified atom stereocenters. The summed E-state index contributed by atoms with van der Waals surface area (Å²) in [6.07, 6.45) is 1.03. The summed E-state index contributed by atoms with van der Waals surface area (Å²) in [6.45, 7) is 1.90. The van der Waals surface area contributed by atoms with Crippen LogP contribution in [-0.2, 0) is 24.1 Å². The molecule has 1 amide bonds. The highest BCUT2D eigenvalue weighted by Crippen LogP contribution is 2.22. The number of methoxy groups -OCH3 is 1. The Morgan fingerprint density at radius 3 is 2.50 bits per heavy atom. The Morgan fingerprint density at radius 1 is 1.29 bits per heavy atom. The molecule has 0 aliphatic rings. The van der Waals surface area contributed by atoms with Gasteiger partial charge in [0.2, 0.25) is 0 Å². The maximum Gasteiger partial charge on any atom is 0.325 e. The van der Waals surface area contributed by atoms with Crippen molar-refractivity contribution in [2.24, 2.45) is 0 Å². The lowest BCUT2D eigenvalue weighted by molar-refractivity contribution is -0.143. The monoisotopic (exact) mass is 377 g/mol. The van der Waals surface area contributed by atoms with Crippen LogP contribution >= 0.6 is 11.6 Å². The molecule has 0 saturated carbocycles. The Balaban J connectivity index is 3.15. The predicted molar refractivity (Wildman–Crippen MR) is 89.0 cm³/mol. The van der Waals surface area contributed by atoms with Crippen LogP contribution in [0, 0.1) is 0 Å². The van der Waals surface area contributed by atoms with Gasteiger partial charge in [-0.3, -0.25) is 9.59 Å². The van der Waals surface area contributed by atoms with Crippen molar-refractivity contribution in [2.45, 2.75) is 11.8 Å². The van der Waals surface area contributed by atoms with Crippen molar-refractivity contribution in [1.82, 2.24) is 4.90 Å². The van der Waals surface area contributed by atoms with E-state index in [0.29, 0.717) is 0 Å². The van der Waals surface area contributed by atoms with E-state index in [-0.39, 0.29) is 41.8 Å². The molecule has 0 spiro atoms. The topological polar surface area (TPSA) is 90.0 Å². The first-order valence-electron chi connectivity index (χ1n) is 7.14. The fourth-order valence-corrected chi connectivity index (χ4v) is 2.73. The molecule has 0 aliphatic carbocycles. The third kappa shape index (κ3) is 5.77. The van der Waals surface area contributed by atoms with Gasteiger partial charge in [0.25, 0.3) is 5.91 Å². The highest BCUT2D eigenvalue weighted by molar-refractivity contribution is 7.90. The molecule has 0 aliphatic heterocycles. The first kappa shape index (κ1) is 20.4. The second kappa shape index (κ2) is 9.00. The van der Waals surface area contributed by atoms with Gasteiger partial charge < -0.3 is 14.4 Å². The number of amides is 1. The van der Waals surface area contributed by atoms with Crippen LogP contribution in [0.1, 0.15) is 17.3 Å². The first-order valence-corrected chi connectivity index (χ1v) is 9.41. The van der Waals surface area contributed by atoms with E-state index in [1.54, 1.807) is 6.92 Å². The van der Waals surface area contributed by atoms with Crippen molar-refractivity contribution in [3.05, 3.63) is 28.8 Å². The molecule has 0 radical (unpaired) electrons. The Hall–Kier alpha value is -1.64. The van der Waals surface area contributed by atoms with Crippen molar-refractivity contribution in [3.8, 4) is 0 Å². The van der Waals surface area contributed by atoms with E-state index in [0.717, 1.165) is 6.26 Å². The standard InChI is InChI=1S/C15H20ClNO6S/c1-4-23-14(18)10-17(7-8-22-2)15(19)12-9-11(24(3,20)21)5-6-13(12)16/h5-6,9H,4,7-8,10H2,1-3H3. The third-order valence-corrected chi connectivity index (χ3v) is 4.51. The molecule has 0 bridgehead atoms. The van der Waals surface area contributed by atoms with Crippen molar-refractivity contribution in [2.75, 3.05) is 39.7 Å². The minimum Gasteiger partial charge on any atom is -0.465 e. The number of halogens is 1. The highest BCUT2D eigenvalue weighted by Gasteiger charge is 2.23. The summed E-state index contributed by atoms with van der Waals surface area (Å²) < 4.78 is 33.1. The van der Waals surface area contributed by atoms with E-state index in [2.05, 4.69) is 0 Å². The summed E-state index contributed by atoms with van der Waals surface area (Å²) in [7, 11) is -2.03. The predicted octanol–water partition coefficient (Wildman–Crippen LogP) is 1.40. The molecule has 0 heterocycles. The Morgan fingerprint density at radius 2 is 1.96 bits per heavy atom. The Labute approximate surface area is 146 Å². The van der Waals surface area contributed by atoms with Gasteiger partial charge >= 0.3 is 5.97 Å². The molecular weight excluding hydrogens is 358 g/mol. The molecule has 1 aromatic carbocycles. The molecule has 0 aromatic heterocycles. The van der Waals surface area contributed by atoms with E-state index in [1.165, 1.54) is 30.2 Å². The largest absolute Gasteiger partial charge is 0.465 e. The van der Waals surface area contributed by atoms with Crippen molar-refractivity contribution in [3.63, 3.8) is 0 Å². The highest BCUT2D eigenvalue weighted by atomic mass is 35.5. The molecule has 1 aromatic rings. The second-order valence-corrected chi connectivity index (χ2v) is 7.36. The van der Waals surface area contributed by atoms with Crippen molar-refractivity contribution < 1.29 is 27.5 Å². The number of rotatable bonds is 8. The number of benzene rings is 1. The van der Waals surface area contributed by atoms with Gasteiger partial charge in [0.15, 0.2) is 9.84 Å². The quantitative estimate of drug-likeness (QED) is 0.636. The summed E-state index contributed by atoms with van der Waals surface area (Å²) in [5, 5.41) is 0.0960. The van der Waals surface area contributed by atoms with Crippen LogP contribution in [-0.4, -0.2) is 64.9 Å². The molecule has 0 atom stereocenters. The molecule has 7 nitrogen and oxygen atoms in total. The van der Waals surface area contributed by atoms with E-state index < -0.39 is 21.7 Å². The number of ether oxygens (including phenoxy) is 2. The smallest absolute Gasteiger partial charge is 0.325 e. The third-order valence-electron chi connectivity index (χ3n) is 3.07. The maximum atomic E-state index is 12.7. The summed E-state index contributed by atoms with van der Waals surface area (Å²) in [5.41, 5.74) is -0.00000630. The summed E-state index contributed by atoms with van der Waals surface area (Å²) >= 11 is 6.03. The van der Waals surface area contributed by atoms with Gasteiger partial charge in [-0.15, -0.1) is 0 Å². The second-order valence-electron chi connectivity index (χ2n) is 4.94. The van der Waals surface area contributed by atoms with Gasteiger partial charge in [-0.05, 0) is 25.1 Å². The van der Waals surface area contributed by atoms with Crippen LogP contribution in [0.4, 0.5) is 0 Å². The number of sulfone groups is 1. The average molecular weight is 378 g/mol. The van der Waals surface area contributed by atoms with Gasteiger partial charge in [-0.25, -0.2) is 8.42 Å². The van der Waals surface area contributed by atoms with Gasteiger partial charge in [-0.1, -0.05) is 11.6 Å². The Bertz CT molecular complexity index is 704. The molecule has 0 saturated heterocycles. The van der Waals surface area contributed by atoms with E-state index in [1.807, 2.05) is 0 Å². The molecule has 24 heavy (non-hydrogen) atoms. The van der Waals surface area contributed by atoms with Crippen LogP contribution in [0.3, 0.4) is 0 Å². The molecule has 0 N–H and O–H groups in total. The Kier molecular flexibility index (Phi) is 7.65. The summed E-state index contributed by atoms with van der Waals surface area (Å²) in [6, 6.07) is 3.86. The number of carbonyl (C=O) groups is 2. The number of hydrogen-bond acceptors (Lipinski definition) is 6. The van der Waals surface area contributed by atoms with Crippen molar-refractivity contribution in [1.29, 1.82) is 0 Å². The van der Waals surface area contributed by atoms with Gasteiger partial charge in [0.1, 0.15) is 6.54 Å². The summed E-state index contributed by atoms with van der Waals surface area (Å²) in [4.78, 5) is 25.5. The minimum absolute atomic E-state index is 0.00000630. The van der Waals surface area contributed by atoms with E-state index >= 15 is 0 Å². The fourth-order valence-electron chi connectivity index (χ4n) is 1.89. The lowest BCUT2D eigenvalue weighted by Crippen LogP contribution is -2.39. The number of nitrogens with zero attached hydrogens (tertiary/aromatic N) is 1. The average Bonchev–Trinajstić information content (AvgIpc) is 2.50. The molecule has 134 valence electrons. The van der Waals surface area contributed by atoms with Gasteiger partial charge in [0, 0.05) is 19.9 Å². The number of hydrogen-bond donors (Lipinski definition) is 0. The van der Waals surface area contributed by atoms with E-state index in [4.69, 9.17) is 21.1 Å². The molecule has 9 heteroatoms. The fraction of sp³-hybridized carbons (Fsp3) is 0.467. The normalized spacial score (nSPS) is 11.2. The van der Waals surface area contributed by atoms with Crippen LogP contribution in [0.2, 0.25) is 5.02 Å². The van der Waals surface area contributed by atoms with Crippen LogP contribution < -0.4 is 0 Å². The molecule has 1 rings (SSSR count). The molecular formula is C15H20ClNO6S. The zero-order chi connectivity index (χ0) is 18.3. The van der Waals surface area contributed by atoms with Gasteiger partial charge in [0.05, 0.1) is 28.7 Å². The van der Waals surface area contributed by atoms with Crippen LogP contribution in [0.25, 0.3) is 0 Å². The number of esters is 1. The van der Waals surface area contributed by atoms with Gasteiger partial charge in [-0.2, -0.15) is 0 Å². The van der Waals surface area contributed by atoms with E-state index in [9.17, 15) is 18.0 Å². The first-order chi connectivity index (χ1) is 11.2. The summed E-state index contributed by atoms with van der Waals surface area (Å²) in [5.74, 6) is -1.15. The zero-order valence-corrected chi connectivity index (χ0v) is 15.3. The SMILES string of the molecule is CCOC(=O)CN(CCOC)C(=O)c1cc(S(C)(=O)=O)ccc1Cl. The zero-order valence-electron chi connectivity index (χ0n) is 13.7. The number of carbonyl (C=O) groups excluding carboxylic acids is 2. The lowest BCUT2D eigenvalue weighted by Gasteiger charge is -2.22. The maximum absolute atomic E-state index is 12.7. The lowest BCUT2D eigenvalue weighted by atomic mass is 10.2. The van der Waals surface area contributed by atoms with Crippen LogP contribution in [0.5, 0.6) is 0 Å².